The smallest absolute Gasteiger partial charge is 0.160 e. The van der Waals surface area contributed by atoms with E-state index in [1.165, 1.54) is 0 Å². The Hall–Kier alpha value is -0.500. The van der Waals surface area contributed by atoms with Crippen LogP contribution in [0.5, 0.6) is 0 Å². The third-order valence-corrected chi connectivity index (χ3v) is 0.587. The van der Waals surface area contributed by atoms with Crippen LogP contribution in [0.1, 0.15) is 0 Å². The first kappa shape index (κ1) is 3.68. The van der Waals surface area contributed by atoms with Gasteiger partial charge in [0.1, 0.15) is 6.73 Å². The molecule has 0 fully saturated rings. The Morgan fingerprint density at radius 2 is 2.83 bits per heavy atom. The van der Waals surface area contributed by atoms with Gasteiger partial charge in [0.15, 0.2) is 6.26 Å². The van der Waals surface area contributed by atoms with E-state index >= 15 is 0 Å². The van der Waals surface area contributed by atoms with E-state index < -0.39 is 0 Å². The molecule has 0 aromatic carbocycles. The molecule has 1 aliphatic heterocycles. The predicted molar refractivity (Wildman–Crippen MR) is 21.8 cm³/mol. The Labute approximate surface area is 36.8 Å². The van der Waals surface area contributed by atoms with Gasteiger partial charge in [0.25, 0.3) is 0 Å². The minimum absolute atomic E-state index is 0.608. The molecule has 1 aliphatic rings. The maximum Gasteiger partial charge on any atom is 0.160 e. The molecule has 6 heavy (non-hydrogen) atoms. The summed E-state index contributed by atoms with van der Waals surface area (Å²) >= 11 is 0. The van der Waals surface area contributed by atoms with Crippen LogP contribution in [0.15, 0.2) is 6.08 Å². The largest absolute Gasteiger partial charge is 0.475 e. The van der Waals surface area contributed by atoms with Crippen molar-refractivity contribution in [3.63, 3.8) is 0 Å². The van der Waals surface area contributed by atoms with Crippen molar-refractivity contribution in [1.82, 2.24) is 5.32 Å². The van der Waals surface area contributed by atoms with Crippen LogP contribution in [-0.4, -0.2) is 13.3 Å². The Balaban J connectivity index is 2.26. The highest BCUT2D eigenvalue weighted by Crippen LogP contribution is 1.77. The topological polar surface area (TPSA) is 21.3 Å². The van der Waals surface area contributed by atoms with Crippen LogP contribution in [0.25, 0.3) is 0 Å². The quantitative estimate of drug-likeness (QED) is 0.442. The summed E-state index contributed by atoms with van der Waals surface area (Å²) in [6.45, 7) is 1.50. The van der Waals surface area contributed by atoms with Gasteiger partial charge in [-0.05, 0) is 6.08 Å². The van der Waals surface area contributed by atoms with Gasteiger partial charge in [-0.2, -0.15) is 0 Å². The van der Waals surface area contributed by atoms with Gasteiger partial charge in [0.2, 0.25) is 0 Å². The lowest BCUT2D eigenvalue weighted by Gasteiger charge is -2.03. The molecule has 1 rings (SSSR count). The summed E-state index contributed by atoms with van der Waals surface area (Å²) in [5, 5.41) is 2.94. The summed E-state index contributed by atoms with van der Waals surface area (Å²) < 4.78 is 4.65. The summed E-state index contributed by atoms with van der Waals surface area (Å²) in [4.78, 5) is 0. The standard InChI is InChI=1S/C4H6NO/c1-2-5-4-6-3-1/h1,5H,2,4H2. The highest BCUT2D eigenvalue weighted by atomic mass is 16.5. The molecule has 0 aliphatic carbocycles. The first-order valence-electron chi connectivity index (χ1n) is 1.90. The molecule has 0 aromatic heterocycles. The van der Waals surface area contributed by atoms with Crippen molar-refractivity contribution < 1.29 is 4.74 Å². The van der Waals surface area contributed by atoms with E-state index in [4.69, 9.17) is 0 Å². The van der Waals surface area contributed by atoms with Crippen molar-refractivity contribution in [3.05, 3.63) is 12.3 Å². The number of hydrogen-bond acceptors (Lipinski definition) is 2. The predicted octanol–water partition coefficient (Wildman–Crippen LogP) is -0.119. The summed E-state index contributed by atoms with van der Waals surface area (Å²) in [5.41, 5.74) is 0. The molecule has 0 amide bonds. The lowest BCUT2D eigenvalue weighted by Crippen LogP contribution is -2.19. The van der Waals surface area contributed by atoms with Gasteiger partial charge in [-0.1, -0.05) is 0 Å². The molecule has 1 radical (unpaired) electrons. The zero-order valence-electron chi connectivity index (χ0n) is 3.40. The lowest BCUT2D eigenvalue weighted by molar-refractivity contribution is 0.192. The Bertz CT molecular complexity index is 52.6. The molecule has 33 valence electrons. The van der Waals surface area contributed by atoms with E-state index in [0.29, 0.717) is 6.73 Å². The van der Waals surface area contributed by atoms with E-state index in [-0.39, 0.29) is 0 Å². The zero-order valence-corrected chi connectivity index (χ0v) is 3.40. The molecular weight excluding hydrogens is 78.0 g/mol. The molecule has 1 heterocycles. The van der Waals surface area contributed by atoms with Crippen molar-refractivity contribution >= 4 is 0 Å². The number of ether oxygens (including phenoxy) is 1. The fourth-order valence-corrected chi connectivity index (χ4v) is 0.324. The van der Waals surface area contributed by atoms with Gasteiger partial charge in [0.05, 0.1) is 0 Å². The van der Waals surface area contributed by atoms with Crippen LogP contribution in [0.2, 0.25) is 0 Å². The van der Waals surface area contributed by atoms with E-state index in [1.807, 2.05) is 6.08 Å². The second kappa shape index (κ2) is 1.82. The maximum atomic E-state index is 4.65. The fraction of sp³-hybridized carbons (Fsp3) is 0.500. The Morgan fingerprint density at radius 1 is 1.83 bits per heavy atom. The van der Waals surface area contributed by atoms with Gasteiger partial charge in [-0.3, -0.25) is 5.32 Å². The normalized spacial score (nSPS) is 20.0. The van der Waals surface area contributed by atoms with Gasteiger partial charge >= 0.3 is 0 Å². The van der Waals surface area contributed by atoms with E-state index in [1.54, 1.807) is 0 Å². The summed E-state index contributed by atoms with van der Waals surface area (Å²) in [5.74, 6) is 0. The molecule has 0 spiro atoms. The minimum atomic E-state index is 0.608. The van der Waals surface area contributed by atoms with Crippen molar-refractivity contribution in [2.45, 2.75) is 0 Å². The second-order valence-corrected chi connectivity index (χ2v) is 1.06. The molecule has 2 nitrogen and oxygen atoms in total. The van der Waals surface area contributed by atoms with Gasteiger partial charge < -0.3 is 4.74 Å². The van der Waals surface area contributed by atoms with E-state index in [2.05, 4.69) is 16.3 Å². The number of nitrogens with one attached hydrogen (secondary N) is 1. The van der Waals surface area contributed by atoms with Crippen LogP contribution in [0.4, 0.5) is 0 Å². The summed E-state index contributed by atoms with van der Waals surface area (Å²) in [6.07, 6.45) is 4.41. The minimum Gasteiger partial charge on any atom is -0.475 e. The highest BCUT2D eigenvalue weighted by molar-refractivity contribution is 4.72. The highest BCUT2D eigenvalue weighted by Gasteiger charge is 1.84. The van der Waals surface area contributed by atoms with E-state index in [0.717, 1.165) is 6.54 Å². The fourth-order valence-electron chi connectivity index (χ4n) is 0.324. The van der Waals surface area contributed by atoms with Crippen LogP contribution >= 0.6 is 0 Å². The van der Waals surface area contributed by atoms with Gasteiger partial charge in [0, 0.05) is 6.54 Å². The third-order valence-electron chi connectivity index (χ3n) is 0.587. The number of hydrogen-bond donors (Lipinski definition) is 1. The second-order valence-electron chi connectivity index (χ2n) is 1.06. The molecule has 2 heteroatoms. The van der Waals surface area contributed by atoms with E-state index in [9.17, 15) is 0 Å². The SMILES string of the molecule is [C]1=CCNCO1. The summed E-state index contributed by atoms with van der Waals surface area (Å²) in [6, 6.07) is 0. The Kier molecular flexibility index (Phi) is 1.12. The maximum absolute atomic E-state index is 4.65. The first-order chi connectivity index (χ1) is 3.00. The monoisotopic (exact) mass is 84.0 g/mol. The van der Waals surface area contributed by atoms with Crippen molar-refractivity contribution in [2.24, 2.45) is 0 Å². The van der Waals surface area contributed by atoms with Crippen LogP contribution in [0.3, 0.4) is 0 Å². The Morgan fingerprint density at radius 3 is 3.00 bits per heavy atom. The molecule has 0 atom stereocenters. The van der Waals surface area contributed by atoms with Crippen LogP contribution in [0, 0.1) is 6.26 Å². The third kappa shape index (κ3) is 0.723. The zero-order chi connectivity index (χ0) is 4.24. The van der Waals surface area contributed by atoms with Gasteiger partial charge in [-0.15, -0.1) is 0 Å². The van der Waals surface area contributed by atoms with Crippen molar-refractivity contribution in [2.75, 3.05) is 13.3 Å². The molecule has 0 saturated heterocycles. The average Bonchev–Trinajstić information content (AvgIpc) is 1.72. The van der Waals surface area contributed by atoms with Gasteiger partial charge in [-0.25, -0.2) is 0 Å². The van der Waals surface area contributed by atoms with Crippen LogP contribution < -0.4 is 5.32 Å². The van der Waals surface area contributed by atoms with Crippen molar-refractivity contribution in [1.29, 1.82) is 0 Å². The summed E-state index contributed by atoms with van der Waals surface area (Å²) in [7, 11) is 0. The van der Waals surface area contributed by atoms with Crippen molar-refractivity contribution in [3.8, 4) is 0 Å². The first-order valence-corrected chi connectivity index (χ1v) is 1.90. The molecule has 0 bridgehead atoms. The molecule has 0 saturated carbocycles. The molecular formula is C4H6NO. The molecule has 0 aromatic rings. The lowest BCUT2D eigenvalue weighted by atomic mass is 10.6. The van der Waals surface area contributed by atoms with Crippen LogP contribution in [-0.2, 0) is 4.74 Å². The number of rotatable bonds is 0. The molecule has 1 N–H and O–H groups in total. The molecule has 0 unspecified atom stereocenters. The average molecular weight is 84.1 g/mol.